The Hall–Kier alpha value is -3.10. The Labute approximate surface area is 150 Å². The first-order chi connectivity index (χ1) is 12.2. The van der Waals surface area contributed by atoms with E-state index in [1.54, 1.807) is 4.68 Å². The number of aromatic nitrogens is 5. The zero-order valence-electron chi connectivity index (χ0n) is 15.5. The molecule has 3 aromatic heterocycles. The molecule has 0 aliphatic rings. The Morgan fingerprint density at radius 1 is 1.31 bits per heavy atom. The van der Waals surface area contributed by atoms with Crippen LogP contribution >= 0.6 is 0 Å². The molecule has 3 aromatic rings. The van der Waals surface area contributed by atoms with E-state index in [0.29, 0.717) is 39.6 Å². The lowest BCUT2D eigenvalue weighted by atomic mass is 10.0. The maximum atomic E-state index is 8.18. The third-order valence-electron chi connectivity index (χ3n) is 3.99. The lowest BCUT2D eigenvalue weighted by Crippen LogP contribution is -2.23. The second-order valence-corrected chi connectivity index (χ2v) is 7.32. The summed E-state index contributed by atoms with van der Waals surface area (Å²) < 4.78 is 7.28. The molecule has 9 heteroatoms. The summed E-state index contributed by atoms with van der Waals surface area (Å²) in [5.41, 5.74) is 7.69. The number of fused-ring (bicyclic) bond motifs is 1. The molecular formula is C17H22N8O. The summed E-state index contributed by atoms with van der Waals surface area (Å²) in [4.78, 5) is 12.2. The average Bonchev–Trinajstić information content (AvgIpc) is 3.15. The second-order valence-electron chi connectivity index (χ2n) is 7.32. The zero-order valence-corrected chi connectivity index (χ0v) is 15.5. The quantitative estimate of drug-likeness (QED) is 0.549. The van der Waals surface area contributed by atoms with Gasteiger partial charge in [-0.2, -0.15) is 5.10 Å². The Kier molecular flexibility index (Phi) is 4.09. The van der Waals surface area contributed by atoms with E-state index in [9.17, 15) is 0 Å². The van der Waals surface area contributed by atoms with Gasteiger partial charge in [-0.1, -0.05) is 19.0 Å². The van der Waals surface area contributed by atoms with Crippen molar-refractivity contribution in [3.05, 3.63) is 17.7 Å². The summed E-state index contributed by atoms with van der Waals surface area (Å²) >= 11 is 0. The molecule has 26 heavy (non-hydrogen) atoms. The highest BCUT2D eigenvalue weighted by molar-refractivity contribution is 6.08. The van der Waals surface area contributed by atoms with Gasteiger partial charge < -0.3 is 10.3 Å². The number of hydrogen-bond donors (Lipinski definition) is 2. The minimum absolute atomic E-state index is 0.0120. The molecule has 0 saturated heterocycles. The molecule has 0 amide bonds. The molecular weight excluding hydrogens is 332 g/mol. The van der Waals surface area contributed by atoms with Crippen LogP contribution in [0.1, 0.15) is 51.9 Å². The number of nitrogens with two attached hydrogens (primary N) is 1. The van der Waals surface area contributed by atoms with Gasteiger partial charge in [0.1, 0.15) is 23.5 Å². The monoisotopic (exact) mass is 354 g/mol. The highest BCUT2D eigenvalue weighted by Crippen LogP contribution is 2.36. The normalized spacial score (nSPS) is 12.1. The van der Waals surface area contributed by atoms with Gasteiger partial charge in [0, 0.05) is 5.92 Å². The summed E-state index contributed by atoms with van der Waals surface area (Å²) in [6.07, 6.45) is 1.40. The minimum atomic E-state index is -0.341. The smallest absolute Gasteiger partial charge is 0.164 e. The number of amidine groups is 1. The highest BCUT2D eigenvalue weighted by atomic mass is 16.5. The molecule has 0 fully saturated rings. The second kappa shape index (κ2) is 6.01. The summed E-state index contributed by atoms with van der Waals surface area (Å²) in [5.74, 6) is 0.821. The topological polar surface area (TPSA) is 132 Å². The number of nitrogens with one attached hydrogen (secondary N) is 1. The van der Waals surface area contributed by atoms with E-state index in [1.807, 2.05) is 34.6 Å². The molecule has 9 nitrogen and oxygen atoms in total. The molecule has 0 saturated carbocycles. The first-order valence-electron chi connectivity index (χ1n) is 8.22. The van der Waals surface area contributed by atoms with E-state index in [1.165, 1.54) is 6.33 Å². The third-order valence-corrected chi connectivity index (χ3v) is 3.99. The van der Waals surface area contributed by atoms with E-state index in [0.717, 1.165) is 0 Å². The summed E-state index contributed by atoms with van der Waals surface area (Å²) in [6.45, 7) is 13.4. The molecule has 0 atom stereocenters. The lowest BCUT2D eigenvalue weighted by molar-refractivity contribution is 0.364. The molecule has 0 bridgehead atoms. The van der Waals surface area contributed by atoms with Gasteiger partial charge >= 0.3 is 0 Å². The fourth-order valence-corrected chi connectivity index (χ4v) is 2.77. The van der Waals surface area contributed by atoms with E-state index in [2.05, 4.69) is 26.8 Å². The molecule has 3 rings (SSSR count). The third kappa shape index (κ3) is 2.65. The average molecular weight is 354 g/mol. The molecule has 3 N–H and O–H groups in total. The van der Waals surface area contributed by atoms with Gasteiger partial charge in [-0.3, -0.25) is 5.41 Å². The van der Waals surface area contributed by atoms with Gasteiger partial charge in [0.15, 0.2) is 17.2 Å². The number of nitrogen functional groups attached to an aromatic ring is 1. The summed E-state index contributed by atoms with van der Waals surface area (Å²) in [7, 11) is 0. The van der Waals surface area contributed by atoms with Gasteiger partial charge in [-0.15, -0.1) is 0 Å². The number of nitrogens with zero attached hydrogens (tertiary/aromatic N) is 6. The molecule has 0 unspecified atom stereocenters. The van der Waals surface area contributed by atoms with Gasteiger partial charge in [-0.25, -0.2) is 19.6 Å². The van der Waals surface area contributed by atoms with Crippen molar-refractivity contribution < 1.29 is 4.52 Å². The first kappa shape index (κ1) is 17.7. The van der Waals surface area contributed by atoms with Crippen molar-refractivity contribution in [2.45, 2.75) is 46.1 Å². The van der Waals surface area contributed by atoms with Crippen LogP contribution in [0.2, 0.25) is 0 Å². The van der Waals surface area contributed by atoms with Gasteiger partial charge in [0.2, 0.25) is 0 Å². The molecule has 3 heterocycles. The Balaban J connectivity index is 2.41. The van der Waals surface area contributed by atoms with E-state index in [4.69, 9.17) is 20.8 Å². The Morgan fingerprint density at radius 2 is 2.00 bits per heavy atom. The van der Waals surface area contributed by atoms with Crippen LogP contribution in [0.5, 0.6) is 0 Å². The predicted molar refractivity (Wildman–Crippen MR) is 101 cm³/mol. The SMILES string of the molecule is C=NC(=N)c1c(-c2nn(C(C)(C)C)c3ncnc(N)c23)noc1C(C)C. The molecule has 0 radical (unpaired) electrons. The van der Waals surface area contributed by atoms with Crippen molar-refractivity contribution >= 4 is 29.4 Å². The molecule has 0 aliphatic heterocycles. The van der Waals surface area contributed by atoms with Crippen LogP contribution in [0, 0.1) is 5.41 Å². The summed E-state index contributed by atoms with van der Waals surface area (Å²) in [5, 5.41) is 17.6. The number of anilines is 1. The van der Waals surface area contributed by atoms with Crippen LogP contribution < -0.4 is 5.73 Å². The number of hydrogen-bond acceptors (Lipinski definition) is 7. The van der Waals surface area contributed by atoms with Gasteiger partial charge in [0.05, 0.1) is 16.5 Å². The zero-order chi connectivity index (χ0) is 19.2. The van der Waals surface area contributed by atoms with Crippen LogP contribution in [-0.4, -0.2) is 37.5 Å². The van der Waals surface area contributed by atoms with Crippen molar-refractivity contribution in [1.29, 1.82) is 5.41 Å². The van der Waals surface area contributed by atoms with Crippen LogP contribution in [-0.2, 0) is 5.54 Å². The fourth-order valence-electron chi connectivity index (χ4n) is 2.77. The molecule has 0 aliphatic carbocycles. The van der Waals surface area contributed by atoms with Crippen molar-refractivity contribution in [3.63, 3.8) is 0 Å². The van der Waals surface area contributed by atoms with Crippen molar-refractivity contribution in [2.24, 2.45) is 4.99 Å². The molecule has 136 valence electrons. The van der Waals surface area contributed by atoms with Crippen LogP contribution in [0.3, 0.4) is 0 Å². The maximum Gasteiger partial charge on any atom is 0.164 e. The van der Waals surface area contributed by atoms with Crippen LogP contribution in [0.25, 0.3) is 22.4 Å². The van der Waals surface area contributed by atoms with E-state index >= 15 is 0 Å². The summed E-state index contributed by atoms with van der Waals surface area (Å²) in [6, 6.07) is 0. The minimum Gasteiger partial charge on any atom is -0.383 e. The first-order valence-corrected chi connectivity index (χ1v) is 8.22. The molecule has 0 aromatic carbocycles. The van der Waals surface area contributed by atoms with Gasteiger partial charge in [-0.05, 0) is 27.5 Å². The maximum absolute atomic E-state index is 8.18. The Morgan fingerprint density at radius 3 is 2.58 bits per heavy atom. The van der Waals surface area contributed by atoms with Crippen LogP contribution in [0.15, 0.2) is 15.8 Å². The number of rotatable bonds is 3. The standard InChI is InChI=1S/C17H22N8O/c1-8(2)13-9(14(18)20-6)12(24-26-13)11-10-15(19)21-7-22-16(10)25(23-11)17(3,4)5/h7-8,18H,6H2,1-5H3,(H2,19,21,22). The van der Waals surface area contributed by atoms with E-state index in [-0.39, 0.29) is 17.3 Å². The largest absolute Gasteiger partial charge is 0.383 e. The lowest BCUT2D eigenvalue weighted by Gasteiger charge is -2.19. The Bertz CT molecular complexity index is 1010. The highest BCUT2D eigenvalue weighted by Gasteiger charge is 2.30. The van der Waals surface area contributed by atoms with Crippen molar-refractivity contribution in [3.8, 4) is 11.4 Å². The molecule has 0 spiro atoms. The van der Waals surface area contributed by atoms with E-state index < -0.39 is 0 Å². The van der Waals surface area contributed by atoms with Crippen LogP contribution in [0.4, 0.5) is 5.82 Å². The van der Waals surface area contributed by atoms with Crippen molar-refractivity contribution in [2.75, 3.05) is 5.73 Å². The number of aliphatic imine (C=N–C) groups is 1. The van der Waals surface area contributed by atoms with Gasteiger partial charge in [0.25, 0.3) is 0 Å². The fraction of sp³-hybridized carbons (Fsp3) is 0.412. The predicted octanol–water partition coefficient (Wildman–Crippen LogP) is 2.97. The van der Waals surface area contributed by atoms with Crippen molar-refractivity contribution in [1.82, 2.24) is 24.9 Å².